The number of aliphatic hydroxyl groups excluding tert-OH is 3. The molecule has 4 rings (SSSR count). The number of carboxylic acid groups (broad SMARTS) is 1. The summed E-state index contributed by atoms with van der Waals surface area (Å²) in [6, 6.07) is 9.24. The van der Waals surface area contributed by atoms with Crippen molar-refractivity contribution in [3.05, 3.63) is 58.0 Å². The number of carbonyl (C=O) groups is 2. The predicted molar refractivity (Wildman–Crippen MR) is 143 cm³/mol. The number of aliphatic hydroxyl groups is 3. The maximum absolute atomic E-state index is 13.3. The highest BCUT2D eigenvalue weighted by Gasteiger charge is 2.48. The monoisotopic (exact) mass is 572 g/mol. The molecule has 0 spiro atoms. The van der Waals surface area contributed by atoms with Crippen LogP contribution in [0, 0.1) is 6.92 Å². The number of carboxylic acids is 1. The number of aryl methyl sites for hydroxylation is 1. The van der Waals surface area contributed by atoms with Gasteiger partial charge in [0.05, 0.1) is 16.8 Å². The van der Waals surface area contributed by atoms with E-state index in [1.54, 1.807) is 38.2 Å². The van der Waals surface area contributed by atoms with Gasteiger partial charge in [-0.2, -0.15) is 5.10 Å². The number of aromatic amines is 1. The normalized spacial score (nSPS) is 22.3. The van der Waals surface area contributed by atoms with Crippen molar-refractivity contribution in [2.75, 3.05) is 13.6 Å². The van der Waals surface area contributed by atoms with Gasteiger partial charge in [0.15, 0.2) is 11.9 Å². The fourth-order valence-corrected chi connectivity index (χ4v) is 4.51. The first-order valence-electron chi connectivity index (χ1n) is 12.9. The number of nitrogens with zero attached hydrogens (tertiary/aromatic N) is 3. The molecule has 2 aromatic carbocycles. The molecule has 2 heterocycles. The summed E-state index contributed by atoms with van der Waals surface area (Å²) in [4.78, 5) is 39.2. The van der Waals surface area contributed by atoms with Crippen molar-refractivity contribution in [1.82, 2.24) is 19.7 Å². The van der Waals surface area contributed by atoms with Crippen molar-refractivity contribution in [2.45, 2.75) is 57.4 Å². The van der Waals surface area contributed by atoms with Crippen molar-refractivity contribution in [2.24, 2.45) is 0 Å². The van der Waals surface area contributed by atoms with Crippen LogP contribution in [0.5, 0.6) is 11.5 Å². The van der Waals surface area contributed by atoms with Crippen LogP contribution in [0.3, 0.4) is 0 Å². The van der Waals surface area contributed by atoms with Gasteiger partial charge in [0, 0.05) is 19.7 Å². The number of nitrogens with one attached hydrogen (secondary N) is 1. The number of ether oxygens (including phenoxy) is 2. The van der Waals surface area contributed by atoms with E-state index < -0.39 is 54.0 Å². The number of phenols is 1. The zero-order valence-electron chi connectivity index (χ0n) is 22.6. The number of amides is 1. The molecule has 5 atom stereocenters. The van der Waals surface area contributed by atoms with Crippen LogP contribution in [0.1, 0.15) is 35.7 Å². The van der Waals surface area contributed by atoms with Crippen molar-refractivity contribution in [3.8, 4) is 28.6 Å². The number of aromatic hydroxyl groups is 1. The minimum absolute atomic E-state index is 0.0000636. The highest BCUT2D eigenvalue weighted by atomic mass is 16.7. The Morgan fingerprint density at radius 3 is 2.51 bits per heavy atom. The van der Waals surface area contributed by atoms with Gasteiger partial charge in [0.1, 0.15) is 29.8 Å². The van der Waals surface area contributed by atoms with Crippen molar-refractivity contribution < 1.29 is 44.6 Å². The average Bonchev–Trinajstić information content (AvgIpc) is 3.32. The third-order valence-corrected chi connectivity index (χ3v) is 6.85. The summed E-state index contributed by atoms with van der Waals surface area (Å²) >= 11 is 0. The highest BCUT2D eigenvalue weighted by molar-refractivity contribution is 5.98. The fourth-order valence-electron chi connectivity index (χ4n) is 4.51. The van der Waals surface area contributed by atoms with Gasteiger partial charge in [-0.25, -0.2) is 19.3 Å². The molecule has 3 aromatic rings. The van der Waals surface area contributed by atoms with E-state index in [1.165, 1.54) is 15.5 Å². The molecule has 0 aliphatic carbocycles. The molecule has 1 aromatic heterocycles. The molecular formula is C27H32N4O10. The van der Waals surface area contributed by atoms with Crippen molar-refractivity contribution in [3.63, 3.8) is 0 Å². The predicted octanol–water partition coefficient (Wildman–Crippen LogP) is 0.385. The van der Waals surface area contributed by atoms with Gasteiger partial charge < -0.3 is 39.9 Å². The number of H-pyrrole nitrogens is 1. The van der Waals surface area contributed by atoms with Crippen molar-refractivity contribution >= 4 is 11.9 Å². The van der Waals surface area contributed by atoms with E-state index in [9.17, 15) is 39.9 Å². The van der Waals surface area contributed by atoms with E-state index in [2.05, 4.69) is 10.2 Å². The second-order valence-electron chi connectivity index (χ2n) is 9.77. The SMILES string of the molecule is CCCCN(C)C(=O)c1cc(-c2n[nH]c(=O)n2-c2ccccc2C)c(OC2OC(C(=O)O)C(O)C(O)C2O)cc1O. The summed E-state index contributed by atoms with van der Waals surface area (Å²) in [5, 5.41) is 57.6. The second kappa shape index (κ2) is 12.1. The highest BCUT2D eigenvalue weighted by Crippen LogP contribution is 2.38. The summed E-state index contributed by atoms with van der Waals surface area (Å²) < 4.78 is 12.2. The standard InChI is InChI=1S/C27H32N4O10/c1-4-5-10-30(3)24(36)14-11-15(23-28-29-27(39)31(23)16-9-7-6-8-13(16)2)18(12-17(14)32)40-26-21(35)19(33)20(34)22(41-26)25(37)38/h6-9,11-12,19-22,26,32-35H,4-5,10H2,1-3H3,(H,29,39)(H,37,38). The number of hydrogen-bond acceptors (Lipinski definition) is 10. The van der Waals surface area contributed by atoms with Gasteiger partial charge in [0.2, 0.25) is 6.29 Å². The number of benzene rings is 2. The lowest BCUT2D eigenvalue weighted by atomic mass is 9.99. The first-order chi connectivity index (χ1) is 19.5. The first-order valence-corrected chi connectivity index (χ1v) is 12.9. The average molecular weight is 573 g/mol. The van der Waals surface area contributed by atoms with E-state index >= 15 is 0 Å². The van der Waals surface area contributed by atoms with Crippen LogP contribution in [0.25, 0.3) is 17.1 Å². The van der Waals surface area contributed by atoms with Gasteiger partial charge in [0.25, 0.3) is 5.91 Å². The molecular weight excluding hydrogens is 540 g/mol. The van der Waals surface area contributed by atoms with Crippen LogP contribution in [-0.2, 0) is 9.53 Å². The molecule has 1 fully saturated rings. The summed E-state index contributed by atoms with van der Waals surface area (Å²) in [5.74, 6) is -2.96. The molecule has 14 nitrogen and oxygen atoms in total. The first kappa shape index (κ1) is 29.7. The van der Waals surface area contributed by atoms with Gasteiger partial charge in [-0.15, -0.1) is 0 Å². The number of aromatic nitrogens is 3. The van der Waals surface area contributed by atoms with Gasteiger partial charge in [-0.1, -0.05) is 31.5 Å². The Hall–Kier alpha value is -4.24. The van der Waals surface area contributed by atoms with Gasteiger partial charge >= 0.3 is 11.7 Å². The Balaban J connectivity index is 1.87. The van der Waals surface area contributed by atoms with E-state index in [-0.39, 0.29) is 22.7 Å². The Kier molecular flexibility index (Phi) is 8.77. The van der Waals surface area contributed by atoms with E-state index in [4.69, 9.17) is 9.47 Å². The van der Waals surface area contributed by atoms with Crippen LogP contribution < -0.4 is 10.4 Å². The third kappa shape index (κ3) is 5.81. The molecule has 0 bridgehead atoms. The number of aliphatic carboxylic acids is 1. The molecule has 41 heavy (non-hydrogen) atoms. The summed E-state index contributed by atoms with van der Waals surface area (Å²) in [5.41, 5.74) is 0.398. The lowest BCUT2D eigenvalue weighted by molar-refractivity contribution is -0.271. The molecule has 1 saturated heterocycles. The molecule has 1 amide bonds. The number of unbranched alkanes of at least 4 members (excludes halogenated alkanes) is 1. The zero-order chi connectivity index (χ0) is 30.0. The minimum Gasteiger partial charge on any atom is -0.507 e. The van der Waals surface area contributed by atoms with Gasteiger partial charge in [-0.3, -0.25) is 4.79 Å². The smallest absolute Gasteiger partial charge is 0.348 e. The quantitative estimate of drug-likeness (QED) is 0.207. The van der Waals surface area contributed by atoms with E-state index in [0.717, 1.165) is 18.9 Å². The Morgan fingerprint density at radius 1 is 1.15 bits per heavy atom. The van der Waals surface area contributed by atoms with Crippen molar-refractivity contribution in [1.29, 1.82) is 0 Å². The van der Waals surface area contributed by atoms with Crippen LogP contribution in [0.15, 0.2) is 41.2 Å². The van der Waals surface area contributed by atoms with E-state index in [0.29, 0.717) is 17.8 Å². The number of para-hydroxylation sites is 1. The number of phenolic OH excluding ortho intramolecular Hbond substituents is 1. The zero-order valence-corrected chi connectivity index (χ0v) is 22.6. The summed E-state index contributed by atoms with van der Waals surface area (Å²) in [6.07, 6.45) is -8.03. The molecule has 14 heteroatoms. The van der Waals surface area contributed by atoms with Crippen LogP contribution in [0.4, 0.5) is 0 Å². The molecule has 0 saturated carbocycles. The largest absolute Gasteiger partial charge is 0.507 e. The van der Waals surface area contributed by atoms with Crippen LogP contribution >= 0.6 is 0 Å². The fraction of sp³-hybridized carbons (Fsp3) is 0.407. The Morgan fingerprint density at radius 2 is 1.85 bits per heavy atom. The molecule has 5 unspecified atom stereocenters. The maximum atomic E-state index is 13.3. The second-order valence-corrected chi connectivity index (χ2v) is 9.77. The summed E-state index contributed by atoms with van der Waals surface area (Å²) in [6.45, 7) is 4.15. The van der Waals surface area contributed by atoms with Gasteiger partial charge in [-0.05, 0) is 31.0 Å². The third-order valence-electron chi connectivity index (χ3n) is 6.85. The number of hydrogen-bond donors (Lipinski definition) is 6. The molecule has 220 valence electrons. The number of rotatable bonds is 9. The lowest BCUT2D eigenvalue weighted by Crippen LogP contribution is -2.61. The summed E-state index contributed by atoms with van der Waals surface area (Å²) in [7, 11) is 1.57. The number of carbonyl (C=O) groups excluding carboxylic acids is 1. The van der Waals surface area contributed by atoms with Crippen LogP contribution in [0.2, 0.25) is 0 Å². The van der Waals surface area contributed by atoms with Crippen LogP contribution in [-0.4, -0.2) is 101 Å². The molecule has 1 aliphatic rings. The lowest BCUT2D eigenvalue weighted by Gasteiger charge is -2.38. The maximum Gasteiger partial charge on any atom is 0.348 e. The molecule has 6 N–H and O–H groups in total. The Labute approximate surface area is 234 Å². The molecule has 1 aliphatic heterocycles. The topological polar surface area (TPSA) is 208 Å². The molecule has 0 radical (unpaired) electrons. The minimum atomic E-state index is -1.95. The van der Waals surface area contributed by atoms with E-state index in [1.807, 2.05) is 6.92 Å². The Bertz CT molecular complexity index is 1480.